The van der Waals surface area contributed by atoms with Gasteiger partial charge in [-0.3, -0.25) is 0 Å². The predicted octanol–water partition coefficient (Wildman–Crippen LogP) is 3.50. The van der Waals surface area contributed by atoms with Crippen molar-refractivity contribution in [3.05, 3.63) is 12.2 Å². The van der Waals surface area contributed by atoms with E-state index >= 15 is 0 Å². The van der Waals surface area contributed by atoms with Crippen LogP contribution in [0, 0.1) is 17.8 Å². The topological polar surface area (TPSA) is 26.0 Å². The summed E-state index contributed by atoms with van der Waals surface area (Å²) >= 11 is 0. The van der Waals surface area contributed by atoms with E-state index in [1.165, 1.54) is 38.5 Å². The number of fused-ring (bicyclic) bond motifs is 2. The van der Waals surface area contributed by atoms with Crippen LogP contribution in [0.1, 0.15) is 52.4 Å². The van der Waals surface area contributed by atoms with Crippen LogP contribution in [0.3, 0.4) is 0 Å². The van der Waals surface area contributed by atoms with Crippen molar-refractivity contribution >= 4 is 0 Å². The molecule has 1 nitrogen and oxygen atoms in total. The Bertz CT molecular complexity index is 246. The van der Waals surface area contributed by atoms with Crippen LogP contribution in [0.15, 0.2) is 12.2 Å². The molecule has 0 aromatic carbocycles. The summed E-state index contributed by atoms with van der Waals surface area (Å²) in [5, 5.41) is 0. The molecule has 4 atom stereocenters. The maximum atomic E-state index is 6.51. The molecule has 1 heteroatoms. The summed E-state index contributed by atoms with van der Waals surface area (Å²) in [7, 11) is 0. The van der Waals surface area contributed by atoms with Crippen LogP contribution in [0.25, 0.3) is 0 Å². The zero-order valence-electron chi connectivity index (χ0n) is 10.2. The largest absolute Gasteiger partial charge is 0.322 e. The van der Waals surface area contributed by atoms with Crippen molar-refractivity contribution in [1.82, 2.24) is 0 Å². The van der Waals surface area contributed by atoms with E-state index in [4.69, 9.17) is 5.73 Å². The van der Waals surface area contributed by atoms with Gasteiger partial charge in [0.1, 0.15) is 0 Å². The average Bonchev–Trinajstić information content (AvgIpc) is 2.72. The Morgan fingerprint density at radius 2 is 2.13 bits per heavy atom. The molecule has 0 aromatic rings. The van der Waals surface area contributed by atoms with E-state index in [-0.39, 0.29) is 5.54 Å². The van der Waals surface area contributed by atoms with Gasteiger partial charge in [-0.25, -0.2) is 0 Å². The molecule has 0 aromatic heterocycles. The van der Waals surface area contributed by atoms with E-state index in [0.717, 1.165) is 17.8 Å². The number of rotatable bonds is 5. The van der Waals surface area contributed by atoms with E-state index in [1.807, 2.05) is 0 Å². The van der Waals surface area contributed by atoms with Crippen molar-refractivity contribution in [1.29, 1.82) is 0 Å². The first-order valence-corrected chi connectivity index (χ1v) is 6.69. The van der Waals surface area contributed by atoms with E-state index in [2.05, 4.69) is 26.0 Å². The summed E-state index contributed by atoms with van der Waals surface area (Å²) in [6.07, 6.45) is 12.6. The van der Waals surface area contributed by atoms with Gasteiger partial charge in [0.15, 0.2) is 0 Å². The number of hydrogen-bond donors (Lipinski definition) is 1. The Morgan fingerprint density at radius 3 is 2.80 bits per heavy atom. The van der Waals surface area contributed by atoms with Crippen molar-refractivity contribution in [2.45, 2.75) is 57.9 Å². The average molecular weight is 207 g/mol. The lowest BCUT2D eigenvalue weighted by Crippen LogP contribution is -2.42. The molecule has 0 spiro atoms. The molecule has 0 heterocycles. The lowest BCUT2D eigenvalue weighted by molar-refractivity contribution is 0.253. The standard InChI is InChI=1S/C14H25N/c1-3-5-6-7-13-12(4-2)11-8-9-14(13,15)10-11/h8-9,11-13H,3-7,10,15H2,1-2H3/t11?,12?,13-,14?/m1/s1. The minimum Gasteiger partial charge on any atom is -0.322 e. The first kappa shape index (κ1) is 11.2. The molecular weight excluding hydrogens is 182 g/mol. The zero-order valence-corrected chi connectivity index (χ0v) is 10.2. The highest BCUT2D eigenvalue weighted by molar-refractivity contribution is 5.25. The molecule has 0 aliphatic heterocycles. The Hall–Kier alpha value is -0.300. The van der Waals surface area contributed by atoms with E-state index < -0.39 is 0 Å². The Kier molecular flexibility index (Phi) is 3.20. The monoisotopic (exact) mass is 207 g/mol. The van der Waals surface area contributed by atoms with Crippen LogP contribution in [-0.2, 0) is 0 Å². The molecule has 1 fully saturated rings. The molecule has 2 bridgehead atoms. The van der Waals surface area contributed by atoms with Gasteiger partial charge in [-0.15, -0.1) is 0 Å². The maximum absolute atomic E-state index is 6.51. The highest BCUT2D eigenvalue weighted by Gasteiger charge is 2.50. The van der Waals surface area contributed by atoms with Gasteiger partial charge in [0.25, 0.3) is 0 Å². The summed E-state index contributed by atoms with van der Waals surface area (Å²) in [4.78, 5) is 0. The first-order valence-electron chi connectivity index (χ1n) is 6.69. The Morgan fingerprint density at radius 1 is 1.33 bits per heavy atom. The summed E-state index contributed by atoms with van der Waals surface area (Å²) in [6, 6.07) is 0. The fraction of sp³-hybridized carbons (Fsp3) is 0.857. The highest BCUT2D eigenvalue weighted by atomic mass is 14.8. The normalized spacial score (nSPS) is 42.7. The molecule has 3 unspecified atom stereocenters. The van der Waals surface area contributed by atoms with Gasteiger partial charge in [0.05, 0.1) is 0 Å². The van der Waals surface area contributed by atoms with Crippen LogP contribution < -0.4 is 5.73 Å². The molecule has 2 aliphatic rings. The lowest BCUT2D eigenvalue weighted by Gasteiger charge is -2.33. The van der Waals surface area contributed by atoms with Crippen LogP contribution >= 0.6 is 0 Å². The van der Waals surface area contributed by atoms with Gasteiger partial charge < -0.3 is 5.73 Å². The highest BCUT2D eigenvalue weighted by Crippen LogP contribution is 2.52. The van der Waals surface area contributed by atoms with Crippen molar-refractivity contribution in [2.75, 3.05) is 0 Å². The number of hydrogen-bond acceptors (Lipinski definition) is 1. The van der Waals surface area contributed by atoms with Crippen molar-refractivity contribution < 1.29 is 0 Å². The zero-order chi connectivity index (χ0) is 10.9. The van der Waals surface area contributed by atoms with Gasteiger partial charge in [0, 0.05) is 5.54 Å². The number of nitrogens with two attached hydrogens (primary N) is 1. The van der Waals surface area contributed by atoms with Gasteiger partial charge >= 0.3 is 0 Å². The molecular formula is C14H25N. The van der Waals surface area contributed by atoms with Crippen LogP contribution in [-0.4, -0.2) is 5.54 Å². The smallest absolute Gasteiger partial charge is 0.0376 e. The Labute approximate surface area is 94.1 Å². The fourth-order valence-corrected chi connectivity index (χ4v) is 3.80. The van der Waals surface area contributed by atoms with Gasteiger partial charge in [-0.1, -0.05) is 51.7 Å². The second-order valence-electron chi connectivity index (χ2n) is 5.51. The molecule has 86 valence electrons. The van der Waals surface area contributed by atoms with Crippen molar-refractivity contribution in [3.8, 4) is 0 Å². The molecule has 0 amide bonds. The number of unbranched alkanes of at least 4 members (excludes halogenated alkanes) is 2. The maximum Gasteiger partial charge on any atom is 0.0376 e. The quantitative estimate of drug-likeness (QED) is 0.542. The summed E-state index contributed by atoms with van der Waals surface area (Å²) in [5.74, 6) is 2.44. The minimum absolute atomic E-state index is 0.0685. The van der Waals surface area contributed by atoms with Crippen molar-refractivity contribution in [2.24, 2.45) is 23.5 Å². The van der Waals surface area contributed by atoms with Gasteiger partial charge in [-0.2, -0.15) is 0 Å². The molecule has 15 heavy (non-hydrogen) atoms. The summed E-state index contributed by atoms with van der Waals surface area (Å²) in [6.45, 7) is 4.60. The number of allylic oxidation sites excluding steroid dienone is 1. The molecule has 1 saturated carbocycles. The van der Waals surface area contributed by atoms with E-state index in [9.17, 15) is 0 Å². The molecule has 2 N–H and O–H groups in total. The molecule has 2 aliphatic carbocycles. The van der Waals surface area contributed by atoms with Crippen LogP contribution in [0.5, 0.6) is 0 Å². The molecule has 0 saturated heterocycles. The Balaban J connectivity index is 1.99. The minimum atomic E-state index is 0.0685. The third-order valence-electron chi connectivity index (χ3n) is 4.59. The molecule has 0 radical (unpaired) electrons. The molecule has 2 rings (SSSR count). The third-order valence-corrected chi connectivity index (χ3v) is 4.59. The van der Waals surface area contributed by atoms with Crippen molar-refractivity contribution in [3.63, 3.8) is 0 Å². The lowest BCUT2D eigenvalue weighted by atomic mass is 9.75. The fourth-order valence-electron chi connectivity index (χ4n) is 3.80. The summed E-state index contributed by atoms with van der Waals surface area (Å²) < 4.78 is 0. The van der Waals surface area contributed by atoms with E-state index in [1.54, 1.807) is 0 Å². The first-order chi connectivity index (χ1) is 7.21. The second-order valence-corrected chi connectivity index (χ2v) is 5.51. The van der Waals surface area contributed by atoms with Crippen LogP contribution in [0.4, 0.5) is 0 Å². The van der Waals surface area contributed by atoms with Crippen LogP contribution in [0.2, 0.25) is 0 Å². The third kappa shape index (κ3) is 1.87. The SMILES string of the molecule is CCCCC[C@@H]1C(CC)C2C=CC1(N)C2. The van der Waals surface area contributed by atoms with E-state index in [0.29, 0.717) is 0 Å². The summed E-state index contributed by atoms with van der Waals surface area (Å²) in [5.41, 5.74) is 6.57. The second kappa shape index (κ2) is 4.29. The van der Waals surface area contributed by atoms with Gasteiger partial charge in [0.2, 0.25) is 0 Å². The predicted molar refractivity (Wildman–Crippen MR) is 65.6 cm³/mol. The van der Waals surface area contributed by atoms with Gasteiger partial charge in [-0.05, 0) is 30.6 Å².